The van der Waals surface area contributed by atoms with Crippen molar-refractivity contribution in [2.24, 2.45) is 0 Å². The standard InChI is InChI=1S/C19H28N2/c1-2-10-20-16-12-18-8-9-19(13-16)21(18)17-7-6-14-4-3-5-15(14)11-17/h6-7,11,16,18-20H,2-5,8-10,12-13H2,1H3. The zero-order valence-corrected chi connectivity index (χ0v) is 13.3. The smallest absolute Gasteiger partial charge is 0.0374 e. The Labute approximate surface area is 128 Å². The first-order chi connectivity index (χ1) is 10.3. The van der Waals surface area contributed by atoms with E-state index in [-0.39, 0.29) is 0 Å². The van der Waals surface area contributed by atoms with Crippen LogP contribution in [0.15, 0.2) is 18.2 Å². The highest BCUT2D eigenvalue weighted by Gasteiger charge is 2.40. The molecule has 0 amide bonds. The van der Waals surface area contributed by atoms with E-state index >= 15 is 0 Å². The normalized spacial score (nSPS) is 30.7. The van der Waals surface area contributed by atoms with E-state index in [4.69, 9.17) is 0 Å². The molecule has 1 aromatic rings. The minimum atomic E-state index is 0.758. The van der Waals surface area contributed by atoms with Gasteiger partial charge >= 0.3 is 0 Å². The van der Waals surface area contributed by atoms with Gasteiger partial charge < -0.3 is 10.2 Å². The zero-order valence-electron chi connectivity index (χ0n) is 13.3. The van der Waals surface area contributed by atoms with Gasteiger partial charge in [0.05, 0.1) is 0 Å². The van der Waals surface area contributed by atoms with Crippen LogP contribution in [0.1, 0.15) is 56.6 Å². The number of nitrogens with zero attached hydrogens (tertiary/aromatic N) is 1. The van der Waals surface area contributed by atoms with Gasteiger partial charge in [-0.15, -0.1) is 0 Å². The van der Waals surface area contributed by atoms with E-state index in [1.807, 2.05) is 0 Å². The van der Waals surface area contributed by atoms with Crippen LogP contribution in [0.3, 0.4) is 0 Å². The lowest BCUT2D eigenvalue weighted by Crippen LogP contribution is -2.49. The number of anilines is 1. The fourth-order valence-electron chi connectivity index (χ4n) is 4.83. The molecule has 114 valence electrons. The summed E-state index contributed by atoms with van der Waals surface area (Å²) in [6.07, 6.45) is 10.7. The first-order valence-electron chi connectivity index (χ1n) is 8.98. The Morgan fingerprint density at radius 2 is 1.86 bits per heavy atom. The average molecular weight is 284 g/mol. The van der Waals surface area contributed by atoms with E-state index in [0.717, 1.165) is 18.1 Å². The predicted octanol–water partition coefficient (Wildman–Crippen LogP) is 3.67. The highest BCUT2D eigenvalue weighted by atomic mass is 15.2. The van der Waals surface area contributed by atoms with Gasteiger partial charge in [0.15, 0.2) is 0 Å². The van der Waals surface area contributed by atoms with Crippen molar-refractivity contribution >= 4 is 5.69 Å². The van der Waals surface area contributed by atoms with Crippen LogP contribution in [0, 0.1) is 0 Å². The van der Waals surface area contributed by atoms with Crippen LogP contribution in [-0.2, 0) is 12.8 Å². The number of benzene rings is 1. The van der Waals surface area contributed by atoms with Gasteiger partial charge in [-0.1, -0.05) is 13.0 Å². The van der Waals surface area contributed by atoms with Gasteiger partial charge in [0.25, 0.3) is 0 Å². The molecule has 2 atom stereocenters. The molecule has 3 aliphatic rings. The minimum Gasteiger partial charge on any atom is -0.365 e. The molecular weight excluding hydrogens is 256 g/mol. The van der Waals surface area contributed by atoms with Crippen LogP contribution >= 0.6 is 0 Å². The van der Waals surface area contributed by atoms with Crippen molar-refractivity contribution in [3.8, 4) is 0 Å². The van der Waals surface area contributed by atoms with Crippen molar-refractivity contribution in [1.29, 1.82) is 0 Å². The molecule has 1 aliphatic carbocycles. The second kappa shape index (κ2) is 5.64. The Kier molecular flexibility index (Phi) is 3.66. The highest BCUT2D eigenvalue weighted by Crippen LogP contribution is 2.40. The van der Waals surface area contributed by atoms with Crippen molar-refractivity contribution in [3.63, 3.8) is 0 Å². The lowest BCUT2D eigenvalue weighted by Gasteiger charge is -2.41. The van der Waals surface area contributed by atoms with Gasteiger partial charge in [-0.25, -0.2) is 0 Å². The van der Waals surface area contributed by atoms with Gasteiger partial charge in [0.1, 0.15) is 0 Å². The molecule has 2 unspecified atom stereocenters. The Morgan fingerprint density at radius 3 is 2.62 bits per heavy atom. The molecule has 21 heavy (non-hydrogen) atoms. The molecule has 0 radical (unpaired) electrons. The van der Waals surface area contributed by atoms with Gasteiger partial charge in [-0.3, -0.25) is 0 Å². The van der Waals surface area contributed by atoms with Gasteiger partial charge in [-0.2, -0.15) is 0 Å². The summed E-state index contributed by atoms with van der Waals surface area (Å²) in [6, 6.07) is 9.62. The van der Waals surface area contributed by atoms with E-state index in [2.05, 4.69) is 35.3 Å². The number of hydrogen-bond acceptors (Lipinski definition) is 2. The lowest BCUT2D eigenvalue weighted by atomic mass is 9.95. The maximum atomic E-state index is 3.76. The summed E-state index contributed by atoms with van der Waals surface area (Å²) in [7, 11) is 0. The Balaban J connectivity index is 1.52. The lowest BCUT2D eigenvalue weighted by molar-refractivity contribution is 0.356. The average Bonchev–Trinajstić information content (AvgIpc) is 3.06. The quantitative estimate of drug-likeness (QED) is 0.907. The summed E-state index contributed by atoms with van der Waals surface area (Å²) < 4.78 is 0. The molecule has 1 aromatic carbocycles. The molecule has 0 aromatic heterocycles. The minimum absolute atomic E-state index is 0.758. The largest absolute Gasteiger partial charge is 0.365 e. The third kappa shape index (κ3) is 2.48. The van der Waals surface area contributed by atoms with Crippen molar-refractivity contribution < 1.29 is 0 Å². The topological polar surface area (TPSA) is 15.3 Å². The summed E-state index contributed by atoms with van der Waals surface area (Å²) in [5.41, 5.74) is 4.74. The Hall–Kier alpha value is -1.02. The number of nitrogens with one attached hydrogen (secondary N) is 1. The monoisotopic (exact) mass is 284 g/mol. The molecule has 2 nitrogen and oxygen atoms in total. The van der Waals surface area contributed by atoms with Gasteiger partial charge in [-0.05, 0) is 81.2 Å². The molecule has 0 spiro atoms. The number of fused-ring (bicyclic) bond motifs is 3. The molecular formula is C19H28N2. The van der Waals surface area contributed by atoms with Gasteiger partial charge in [0, 0.05) is 23.8 Å². The summed E-state index contributed by atoms with van der Waals surface area (Å²) in [5, 5.41) is 3.76. The molecule has 2 aliphatic heterocycles. The number of piperidine rings is 1. The first-order valence-corrected chi connectivity index (χ1v) is 8.98. The van der Waals surface area contributed by atoms with Crippen LogP contribution in [0.25, 0.3) is 0 Å². The fraction of sp³-hybridized carbons (Fsp3) is 0.684. The maximum Gasteiger partial charge on any atom is 0.0374 e. The van der Waals surface area contributed by atoms with Crippen LogP contribution < -0.4 is 10.2 Å². The molecule has 2 bridgehead atoms. The maximum absolute atomic E-state index is 3.76. The van der Waals surface area contributed by atoms with E-state index in [0.29, 0.717) is 0 Å². The van der Waals surface area contributed by atoms with E-state index in [1.165, 1.54) is 63.6 Å². The van der Waals surface area contributed by atoms with Crippen molar-refractivity contribution in [1.82, 2.24) is 5.32 Å². The summed E-state index contributed by atoms with van der Waals surface area (Å²) in [4.78, 5) is 2.77. The number of rotatable bonds is 4. The van der Waals surface area contributed by atoms with Crippen LogP contribution in [0.4, 0.5) is 5.69 Å². The van der Waals surface area contributed by atoms with Crippen LogP contribution in [-0.4, -0.2) is 24.7 Å². The predicted molar refractivity (Wildman–Crippen MR) is 89.1 cm³/mol. The van der Waals surface area contributed by atoms with Crippen molar-refractivity contribution in [3.05, 3.63) is 29.3 Å². The number of aryl methyl sites for hydroxylation is 2. The molecule has 0 saturated carbocycles. The summed E-state index contributed by atoms with van der Waals surface area (Å²) in [6.45, 7) is 3.45. The number of hydrogen-bond donors (Lipinski definition) is 1. The molecule has 1 N–H and O–H groups in total. The molecule has 2 saturated heterocycles. The zero-order chi connectivity index (χ0) is 14.2. The van der Waals surface area contributed by atoms with E-state index in [9.17, 15) is 0 Å². The fourth-order valence-corrected chi connectivity index (χ4v) is 4.83. The summed E-state index contributed by atoms with van der Waals surface area (Å²) >= 11 is 0. The Bertz CT molecular complexity index is 496. The third-order valence-corrected chi connectivity index (χ3v) is 5.80. The van der Waals surface area contributed by atoms with Gasteiger partial charge in [0.2, 0.25) is 0 Å². The SMILES string of the molecule is CCCNC1CC2CCC(C1)N2c1ccc2c(c1)CCC2. The van der Waals surface area contributed by atoms with E-state index in [1.54, 1.807) is 11.1 Å². The van der Waals surface area contributed by atoms with E-state index < -0.39 is 0 Å². The molecule has 2 heterocycles. The molecule has 2 fully saturated rings. The second-order valence-corrected chi connectivity index (χ2v) is 7.22. The molecule has 4 rings (SSSR count). The van der Waals surface area contributed by atoms with Crippen molar-refractivity contribution in [2.75, 3.05) is 11.4 Å². The highest BCUT2D eigenvalue weighted by molar-refractivity contribution is 5.55. The summed E-state index contributed by atoms with van der Waals surface area (Å²) in [5.74, 6) is 0. The third-order valence-electron chi connectivity index (χ3n) is 5.80. The first kappa shape index (κ1) is 13.6. The Morgan fingerprint density at radius 1 is 1.10 bits per heavy atom. The van der Waals surface area contributed by atoms with Crippen LogP contribution in [0.5, 0.6) is 0 Å². The molecule has 2 heteroatoms. The van der Waals surface area contributed by atoms with Crippen LogP contribution in [0.2, 0.25) is 0 Å². The van der Waals surface area contributed by atoms with Crippen molar-refractivity contribution in [2.45, 2.75) is 76.4 Å². The second-order valence-electron chi connectivity index (χ2n) is 7.22.